The molecule has 1 aliphatic heterocycles. The van der Waals surface area contributed by atoms with Crippen molar-refractivity contribution >= 4 is 5.78 Å². The van der Waals surface area contributed by atoms with Crippen LogP contribution < -0.4 is 0 Å². The van der Waals surface area contributed by atoms with E-state index in [1.807, 2.05) is 33.8 Å². The van der Waals surface area contributed by atoms with Gasteiger partial charge in [0.25, 0.3) is 0 Å². The molecule has 0 amide bonds. The lowest BCUT2D eigenvalue weighted by atomic mass is 9.61. The molecule has 0 radical (unpaired) electrons. The van der Waals surface area contributed by atoms with Gasteiger partial charge in [0.1, 0.15) is 6.10 Å². The minimum absolute atomic E-state index is 0.0543. The van der Waals surface area contributed by atoms with Crippen molar-refractivity contribution in [2.45, 2.75) is 58.3 Å². The monoisotopic (exact) mass is 282 g/mol. The molecule has 4 heteroatoms. The van der Waals surface area contributed by atoms with Gasteiger partial charge in [-0.3, -0.25) is 4.79 Å². The number of hydrogen-bond acceptors (Lipinski definition) is 4. The summed E-state index contributed by atoms with van der Waals surface area (Å²) >= 11 is 0. The summed E-state index contributed by atoms with van der Waals surface area (Å²) in [5.74, 6) is 0.00149. The van der Waals surface area contributed by atoms with Crippen LogP contribution in [0.4, 0.5) is 0 Å². The summed E-state index contributed by atoms with van der Waals surface area (Å²) in [5, 5.41) is 20.3. The van der Waals surface area contributed by atoms with E-state index in [9.17, 15) is 15.0 Å². The van der Waals surface area contributed by atoms with Gasteiger partial charge in [0.15, 0.2) is 5.78 Å². The molecule has 2 aliphatic rings. The highest BCUT2D eigenvalue weighted by Crippen LogP contribution is 2.53. The van der Waals surface area contributed by atoms with Crippen molar-refractivity contribution in [2.24, 2.45) is 17.3 Å². The molecule has 0 aromatic heterocycles. The minimum atomic E-state index is -0.978. The highest BCUT2D eigenvalue weighted by atomic mass is 16.5. The van der Waals surface area contributed by atoms with E-state index in [0.29, 0.717) is 6.61 Å². The van der Waals surface area contributed by atoms with E-state index in [2.05, 4.69) is 0 Å². The largest absolute Gasteiger partial charge is 0.389 e. The number of ketones is 1. The Morgan fingerprint density at radius 2 is 2.15 bits per heavy atom. The van der Waals surface area contributed by atoms with Crippen LogP contribution in [0.2, 0.25) is 0 Å². The molecule has 1 saturated heterocycles. The van der Waals surface area contributed by atoms with Crippen molar-refractivity contribution < 1.29 is 19.7 Å². The van der Waals surface area contributed by atoms with Crippen molar-refractivity contribution in [3.05, 3.63) is 12.2 Å². The smallest absolute Gasteiger partial charge is 0.164 e. The molecule has 1 heterocycles. The van der Waals surface area contributed by atoms with E-state index in [-0.39, 0.29) is 24.0 Å². The van der Waals surface area contributed by atoms with Gasteiger partial charge < -0.3 is 14.9 Å². The molecule has 114 valence electrons. The van der Waals surface area contributed by atoms with Crippen molar-refractivity contribution in [1.82, 2.24) is 0 Å². The number of fused-ring (bicyclic) bond motifs is 2. The van der Waals surface area contributed by atoms with E-state index in [0.717, 1.165) is 6.42 Å². The second kappa shape index (κ2) is 5.24. The number of hydrogen-bond donors (Lipinski definition) is 2. The van der Waals surface area contributed by atoms with Crippen molar-refractivity contribution in [2.75, 3.05) is 6.61 Å². The van der Waals surface area contributed by atoms with Crippen LogP contribution in [0.15, 0.2) is 12.2 Å². The molecule has 2 N–H and O–H groups in total. The standard InChI is InChI=1S/C16H26O4/c1-5-10(2)11(17)6-7-13-15(3)9-20-16(13,4)8-12(18)14(15)19/h6-7,10-11,13-14,17,19H,5,8-9H2,1-4H3/b7-6+/t10?,11?,13-,14?,15+,16+/m1/s1. The van der Waals surface area contributed by atoms with Crippen molar-refractivity contribution in [1.29, 1.82) is 0 Å². The molecule has 20 heavy (non-hydrogen) atoms. The number of aliphatic hydroxyl groups excluding tert-OH is 2. The summed E-state index contributed by atoms with van der Waals surface area (Å²) in [6, 6.07) is 0. The number of rotatable bonds is 4. The number of carbonyl (C=O) groups is 1. The molecule has 1 saturated carbocycles. The highest BCUT2D eigenvalue weighted by molar-refractivity contribution is 5.86. The summed E-state index contributed by atoms with van der Waals surface area (Å²) < 4.78 is 5.83. The maximum absolute atomic E-state index is 11.9. The first kappa shape index (κ1) is 15.7. The van der Waals surface area contributed by atoms with Gasteiger partial charge in [0.2, 0.25) is 0 Å². The average molecular weight is 282 g/mol. The zero-order valence-electron chi connectivity index (χ0n) is 12.8. The van der Waals surface area contributed by atoms with Crippen LogP contribution in [0.1, 0.15) is 40.5 Å². The average Bonchev–Trinajstić information content (AvgIpc) is 2.62. The van der Waals surface area contributed by atoms with E-state index < -0.39 is 23.2 Å². The third kappa shape index (κ3) is 2.34. The lowest BCUT2D eigenvalue weighted by Gasteiger charge is -2.42. The summed E-state index contributed by atoms with van der Waals surface area (Å²) in [7, 11) is 0. The summed E-state index contributed by atoms with van der Waals surface area (Å²) in [5.41, 5.74) is -1.15. The fourth-order valence-electron chi connectivity index (χ4n) is 3.50. The molecule has 2 rings (SSSR count). The first-order valence-corrected chi connectivity index (χ1v) is 7.45. The zero-order chi connectivity index (χ0) is 15.1. The Morgan fingerprint density at radius 1 is 1.50 bits per heavy atom. The third-order valence-corrected chi connectivity index (χ3v) is 5.26. The van der Waals surface area contributed by atoms with Gasteiger partial charge in [-0.1, -0.05) is 39.3 Å². The van der Waals surface area contributed by atoms with E-state index >= 15 is 0 Å². The molecule has 0 aromatic carbocycles. The first-order valence-electron chi connectivity index (χ1n) is 7.45. The predicted octanol–water partition coefficient (Wildman–Crippen LogP) is 1.69. The van der Waals surface area contributed by atoms with Gasteiger partial charge in [-0.25, -0.2) is 0 Å². The Hall–Kier alpha value is -0.710. The number of Topliss-reactive ketones (excluding diaryl/α,β-unsaturated/α-hetero) is 1. The summed E-state index contributed by atoms with van der Waals surface area (Å²) in [6.07, 6.45) is 3.40. The second-order valence-electron chi connectivity index (χ2n) is 6.89. The molecule has 6 atom stereocenters. The molecule has 0 aromatic rings. The molecule has 0 spiro atoms. The Labute approximate surface area is 120 Å². The van der Waals surface area contributed by atoms with E-state index in [4.69, 9.17) is 4.74 Å². The number of ether oxygens (including phenoxy) is 1. The fourth-order valence-corrected chi connectivity index (χ4v) is 3.50. The third-order valence-electron chi connectivity index (χ3n) is 5.26. The fraction of sp³-hybridized carbons (Fsp3) is 0.812. The molecular formula is C16H26O4. The van der Waals surface area contributed by atoms with Crippen molar-refractivity contribution in [3.63, 3.8) is 0 Å². The maximum atomic E-state index is 11.9. The minimum Gasteiger partial charge on any atom is -0.389 e. The van der Waals surface area contributed by atoms with Gasteiger partial charge >= 0.3 is 0 Å². The number of aliphatic hydroxyl groups is 2. The van der Waals surface area contributed by atoms with Gasteiger partial charge in [0.05, 0.1) is 18.3 Å². The topological polar surface area (TPSA) is 66.8 Å². The highest BCUT2D eigenvalue weighted by Gasteiger charge is 2.62. The van der Waals surface area contributed by atoms with Gasteiger partial charge in [0, 0.05) is 17.8 Å². The van der Waals surface area contributed by atoms with Crippen LogP contribution in [-0.2, 0) is 9.53 Å². The summed E-state index contributed by atoms with van der Waals surface area (Å²) in [6.45, 7) is 8.24. The molecule has 1 aliphatic carbocycles. The normalized spacial score (nSPS) is 44.0. The van der Waals surface area contributed by atoms with Gasteiger partial charge in [-0.2, -0.15) is 0 Å². The van der Waals surface area contributed by atoms with Gasteiger partial charge in [-0.15, -0.1) is 0 Å². The van der Waals surface area contributed by atoms with Crippen LogP contribution in [0, 0.1) is 17.3 Å². The van der Waals surface area contributed by atoms with E-state index in [1.54, 1.807) is 6.08 Å². The molecule has 4 nitrogen and oxygen atoms in total. The SMILES string of the molecule is CCC(C)C(O)/C=C/[C@H]1[C@]2(C)CC(=O)C(O)[C@@]1(C)CO2. The lowest BCUT2D eigenvalue weighted by Crippen LogP contribution is -2.53. The first-order chi connectivity index (χ1) is 9.24. The molecule has 2 bridgehead atoms. The second-order valence-corrected chi connectivity index (χ2v) is 6.89. The number of carbonyl (C=O) groups excluding carboxylic acids is 1. The Kier molecular flexibility index (Phi) is 4.11. The predicted molar refractivity (Wildman–Crippen MR) is 76.2 cm³/mol. The Morgan fingerprint density at radius 3 is 2.75 bits per heavy atom. The van der Waals surface area contributed by atoms with Gasteiger partial charge in [-0.05, 0) is 12.8 Å². The Bertz CT molecular complexity index is 419. The van der Waals surface area contributed by atoms with Crippen LogP contribution in [0.3, 0.4) is 0 Å². The zero-order valence-corrected chi connectivity index (χ0v) is 12.8. The molecule has 2 fully saturated rings. The maximum Gasteiger partial charge on any atom is 0.164 e. The van der Waals surface area contributed by atoms with Crippen LogP contribution in [0.25, 0.3) is 0 Å². The van der Waals surface area contributed by atoms with Crippen LogP contribution in [-0.4, -0.2) is 40.4 Å². The van der Waals surface area contributed by atoms with Crippen LogP contribution >= 0.6 is 0 Å². The quantitative estimate of drug-likeness (QED) is 0.770. The molecule has 3 unspecified atom stereocenters. The Balaban J connectivity index is 2.23. The van der Waals surface area contributed by atoms with Crippen molar-refractivity contribution in [3.8, 4) is 0 Å². The van der Waals surface area contributed by atoms with E-state index in [1.165, 1.54) is 0 Å². The molecular weight excluding hydrogens is 256 g/mol. The van der Waals surface area contributed by atoms with Crippen LogP contribution in [0.5, 0.6) is 0 Å². The lowest BCUT2D eigenvalue weighted by molar-refractivity contribution is -0.142. The summed E-state index contributed by atoms with van der Waals surface area (Å²) in [4.78, 5) is 11.9.